The van der Waals surface area contributed by atoms with Crippen molar-refractivity contribution in [3.05, 3.63) is 34.9 Å². The third-order valence-corrected chi connectivity index (χ3v) is 2.07. The van der Waals surface area contributed by atoms with Crippen LogP contribution in [0.4, 0.5) is 0 Å². The summed E-state index contributed by atoms with van der Waals surface area (Å²) in [5, 5.41) is 3.73. The number of rotatable bonds is 3. The van der Waals surface area contributed by atoms with Crippen molar-refractivity contribution in [1.29, 1.82) is 0 Å². The summed E-state index contributed by atoms with van der Waals surface area (Å²) >= 11 is 5.77. The monoisotopic (exact) mass is 226 g/mol. The van der Waals surface area contributed by atoms with Gasteiger partial charge in [0.25, 0.3) is 0 Å². The third-order valence-electron chi connectivity index (χ3n) is 1.81. The lowest BCUT2D eigenvalue weighted by Crippen LogP contribution is -2.41. The Morgan fingerprint density at radius 3 is 2.60 bits per heavy atom. The number of hydrazine groups is 1. The molecule has 0 spiro atoms. The highest BCUT2D eigenvalue weighted by atomic mass is 35.5. The highest BCUT2D eigenvalue weighted by Gasteiger charge is 1.94. The van der Waals surface area contributed by atoms with Crippen LogP contribution in [-0.4, -0.2) is 12.5 Å². The molecule has 0 atom stereocenters. The fraction of sp³-hybridized carbons (Fsp3) is 0.300. The molecule has 0 fully saturated rings. The molecule has 0 bridgehead atoms. The number of nitrogens with zero attached hydrogens (tertiary/aromatic N) is 1. The number of guanidine groups is 1. The first kappa shape index (κ1) is 11.8. The van der Waals surface area contributed by atoms with Crippen LogP contribution in [0.15, 0.2) is 29.3 Å². The zero-order valence-electron chi connectivity index (χ0n) is 8.63. The summed E-state index contributed by atoms with van der Waals surface area (Å²) in [5.41, 5.74) is 3.59. The first-order valence-electron chi connectivity index (χ1n) is 4.75. The standard InChI is InChI=1S/C10H15ClN4/c1-2-13-10(15-12)14-7-8-3-5-9(11)6-4-8/h3-6H,2,7,12H2,1H3,(H2,13,14,15). The number of benzene rings is 1. The van der Waals surface area contributed by atoms with E-state index in [1.807, 2.05) is 31.2 Å². The molecule has 0 amide bonds. The summed E-state index contributed by atoms with van der Waals surface area (Å²) in [5.74, 6) is 5.87. The van der Waals surface area contributed by atoms with Crippen molar-refractivity contribution < 1.29 is 0 Å². The third kappa shape index (κ3) is 4.18. The molecule has 4 N–H and O–H groups in total. The fourth-order valence-corrected chi connectivity index (χ4v) is 1.21. The first-order chi connectivity index (χ1) is 7.26. The van der Waals surface area contributed by atoms with Gasteiger partial charge in [-0.2, -0.15) is 0 Å². The van der Waals surface area contributed by atoms with Gasteiger partial charge in [-0.25, -0.2) is 10.8 Å². The van der Waals surface area contributed by atoms with E-state index in [1.54, 1.807) is 0 Å². The van der Waals surface area contributed by atoms with E-state index < -0.39 is 0 Å². The largest absolute Gasteiger partial charge is 0.356 e. The summed E-state index contributed by atoms with van der Waals surface area (Å²) in [4.78, 5) is 4.26. The van der Waals surface area contributed by atoms with Crippen LogP contribution >= 0.6 is 11.6 Å². The van der Waals surface area contributed by atoms with Gasteiger partial charge in [-0.15, -0.1) is 0 Å². The van der Waals surface area contributed by atoms with Crippen LogP contribution in [0, 0.1) is 0 Å². The normalized spacial score (nSPS) is 11.3. The van der Waals surface area contributed by atoms with Gasteiger partial charge in [-0.05, 0) is 24.6 Å². The van der Waals surface area contributed by atoms with Crippen molar-refractivity contribution in [3.63, 3.8) is 0 Å². The molecule has 0 aliphatic carbocycles. The molecule has 1 aromatic carbocycles. The lowest BCUT2D eigenvalue weighted by Gasteiger charge is -2.06. The first-order valence-corrected chi connectivity index (χ1v) is 5.13. The average molecular weight is 227 g/mol. The maximum absolute atomic E-state index is 5.77. The predicted molar refractivity (Wildman–Crippen MR) is 63.6 cm³/mol. The van der Waals surface area contributed by atoms with Gasteiger partial charge in [-0.3, -0.25) is 5.43 Å². The highest BCUT2D eigenvalue weighted by molar-refractivity contribution is 6.30. The number of nitrogens with two attached hydrogens (primary N) is 1. The number of hydrogen-bond donors (Lipinski definition) is 3. The molecule has 1 aromatic rings. The van der Waals surface area contributed by atoms with E-state index in [2.05, 4.69) is 15.7 Å². The van der Waals surface area contributed by atoms with E-state index in [4.69, 9.17) is 17.4 Å². The van der Waals surface area contributed by atoms with Gasteiger partial charge in [0.1, 0.15) is 0 Å². The molecule has 0 heterocycles. The van der Waals surface area contributed by atoms with E-state index in [0.29, 0.717) is 12.5 Å². The van der Waals surface area contributed by atoms with Crippen LogP contribution in [0.1, 0.15) is 12.5 Å². The van der Waals surface area contributed by atoms with Crippen molar-refractivity contribution in [1.82, 2.24) is 10.7 Å². The molecule has 0 radical (unpaired) electrons. The van der Waals surface area contributed by atoms with Crippen molar-refractivity contribution in [2.45, 2.75) is 13.5 Å². The van der Waals surface area contributed by atoms with Gasteiger partial charge in [0, 0.05) is 11.6 Å². The molecule has 0 unspecified atom stereocenters. The second-order valence-corrected chi connectivity index (χ2v) is 3.40. The van der Waals surface area contributed by atoms with Gasteiger partial charge in [-0.1, -0.05) is 23.7 Å². The van der Waals surface area contributed by atoms with E-state index >= 15 is 0 Å². The quantitative estimate of drug-likeness (QED) is 0.315. The Hall–Kier alpha value is -1.26. The molecule has 0 aromatic heterocycles. The van der Waals surface area contributed by atoms with Crippen molar-refractivity contribution >= 4 is 17.6 Å². The number of halogens is 1. The van der Waals surface area contributed by atoms with Crippen LogP contribution in [0.2, 0.25) is 5.02 Å². The number of aliphatic imine (C=N–C) groups is 1. The van der Waals surface area contributed by atoms with E-state index in [1.165, 1.54) is 0 Å². The zero-order valence-corrected chi connectivity index (χ0v) is 9.38. The van der Waals surface area contributed by atoms with Crippen LogP contribution in [-0.2, 0) is 6.54 Å². The average Bonchev–Trinajstić information content (AvgIpc) is 2.26. The summed E-state index contributed by atoms with van der Waals surface area (Å²) in [6.45, 7) is 3.34. The Morgan fingerprint density at radius 1 is 1.40 bits per heavy atom. The minimum absolute atomic E-state index is 0.573. The lowest BCUT2D eigenvalue weighted by atomic mass is 10.2. The van der Waals surface area contributed by atoms with Gasteiger partial charge in [0.2, 0.25) is 5.96 Å². The van der Waals surface area contributed by atoms with Gasteiger partial charge >= 0.3 is 0 Å². The molecule has 15 heavy (non-hydrogen) atoms. The predicted octanol–water partition coefficient (Wildman–Crippen LogP) is 1.27. The van der Waals surface area contributed by atoms with Crippen molar-refractivity contribution in [2.24, 2.45) is 10.8 Å². The molecule has 5 heteroatoms. The molecular weight excluding hydrogens is 212 g/mol. The van der Waals surface area contributed by atoms with Crippen molar-refractivity contribution in [3.8, 4) is 0 Å². The summed E-state index contributed by atoms with van der Waals surface area (Å²) < 4.78 is 0. The minimum atomic E-state index is 0.573. The molecule has 0 aliphatic heterocycles. The second-order valence-electron chi connectivity index (χ2n) is 2.97. The summed E-state index contributed by atoms with van der Waals surface area (Å²) in [6.07, 6.45) is 0. The van der Waals surface area contributed by atoms with Gasteiger partial charge in [0.15, 0.2) is 0 Å². The maximum atomic E-state index is 5.77. The molecule has 4 nitrogen and oxygen atoms in total. The molecule has 0 saturated carbocycles. The van der Waals surface area contributed by atoms with Crippen LogP contribution in [0.3, 0.4) is 0 Å². The van der Waals surface area contributed by atoms with E-state index in [0.717, 1.165) is 17.1 Å². The highest BCUT2D eigenvalue weighted by Crippen LogP contribution is 2.09. The van der Waals surface area contributed by atoms with Crippen LogP contribution < -0.4 is 16.6 Å². The molecular formula is C10H15ClN4. The Morgan fingerprint density at radius 2 is 2.07 bits per heavy atom. The van der Waals surface area contributed by atoms with Gasteiger partial charge < -0.3 is 5.32 Å². The second kappa shape index (κ2) is 6.27. The Labute approximate surface area is 94.5 Å². The summed E-state index contributed by atoms with van der Waals surface area (Å²) in [7, 11) is 0. The van der Waals surface area contributed by atoms with Crippen molar-refractivity contribution in [2.75, 3.05) is 6.54 Å². The zero-order chi connectivity index (χ0) is 11.1. The van der Waals surface area contributed by atoms with Crippen LogP contribution in [0.25, 0.3) is 0 Å². The fourth-order valence-electron chi connectivity index (χ4n) is 1.08. The topological polar surface area (TPSA) is 62.4 Å². The molecule has 0 saturated heterocycles. The SMILES string of the molecule is CCNC(=NCc1ccc(Cl)cc1)NN. The Bertz CT molecular complexity index is 321. The lowest BCUT2D eigenvalue weighted by molar-refractivity contribution is 0.852. The smallest absolute Gasteiger partial charge is 0.206 e. The molecule has 0 aliphatic rings. The maximum Gasteiger partial charge on any atom is 0.206 e. The number of nitrogens with one attached hydrogen (secondary N) is 2. The minimum Gasteiger partial charge on any atom is -0.356 e. The van der Waals surface area contributed by atoms with Crippen LogP contribution in [0.5, 0.6) is 0 Å². The molecule has 1 rings (SSSR count). The number of hydrogen-bond acceptors (Lipinski definition) is 2. The Kier molecular flexibility index (Phi) is 4.93. The van der Waals surface area contributed by atoms with Gasteiger partial charge in [0.05, 0.1) is 6.54 Å². The Balaban J connectivity index is 2.57. The van der Waals surface area contributed by atoms with E-state index in [-0.39, 0.29) is 0 Å². The molecule has 82 valence electrons. The summed E-state index contributed by atoms with van der Waals surface area (Å²) in [6, 6.07) is 7.56. The van der Waals surface area contributed by atoms with E-state index in [9.17, 15) is 0 Å².